The van der Waals surface area contributed by atoms with Crippen LogP contribution in [0.25, 0.3) is 11.2 Å². The fraction of sp³-hybridized carbons (Fsp3) is 0.0741. The minimum absolute atomic E-state index is 0.0743. The molecular formula is C27H21ClN4O3. The normalized spacial score (nSPS) is 13.2. The second-order valence-corrected chi connectivity index (χ2v) is 8.30. The van der Waals surface area contributed by atoms with Crippen molar-refractivity contribution in [2.24, 2.45) is 0 Å². The number of nitrogens with one attached hydrogen (secondary N) is 1. The van der Waals surface area contributed by atoms with Gasteiger partial charge in [-0.2, -0.15) is 9.61 Å². The van der Waals surface area contributed by atoms with E-state index in [1.807, 2.05) is 85.0 Å². The van der Waals surface area contributed by atoms with Crippen molar-refractivity contribution < 1.29 is 14.6 Å². The Morgan fingerprint density at radius 1 is 1.06 bits per heavy atom. The predicted octanol–water partition coefficient (Wildman–Crippen LogP) is 6.00. The number of carboxylic acid groups (broad SMARTS) is 1. The zero-order valence-electron chi connectivity index (χ0n) is 18.6. The number of anilines is 1. The molecule has 2 N–H and O–H groups in total. The lowest BCUT2D eigenvalue weighted by Gasteiger charge is -2.11. The number of allylic oxidation sites excluding steroid dienone is 5. The molecule has 0 saturated carbocycles. The maximum absolute atomic E-state index is 11.5. The molecule has 2 heterocycles. The van der Waals surface area contributed by atoms with Gasteiger partial charge in [-0.15, -0.1) is 0 Å². The van der Waals surface area contributed by atoms with Gasteiger partial charge in [0.1, 0.15) is 17.3 Å². The van der Waals surface area contributed by atoms with Crippen molar-refractivity contribution in [3.63, 3.8) is 0 Å². The van der Waals surface area contributed by atoms with Gasteiger partial charge in [0, 0.05) is 23.7 Å². The number of aromatic carboxylic acids is 1. The van der Waals surface area contributed by atoms with Gasteiger partial charge in [0.25, 0.3) is 0 Å². The first kappa shape index (κ1) is 22.4. The summed E-state index contributed by atoms with van der Waals surface area (Å²) in [4.78, 5) is 16.2. The highest BCUT2D eigenvalue weighted by molar-refractivity contribution is 6.30. The second kappa shape index (κ2) is 9.87. The molecule has 0 aliphatic heterocycles. The molecule has 5 rings (SSSR count). The summed E-state index contributed by atoms with van der Waals surface area (Å²) in [6.07, 6.45) is 8.55. The van der Waals surface area contributed by atoms with E-state index in [0.717, 1.165) is 22.6 Å². The van der Waals surface area contributed by atoms with Gasteiger partial charge in [-0.1, -0.05) is 48.0 Å². The largest absolute Gasteiger partial charge is 0.476 e. The van der Waals surface area contributed by atoms with Crippen molar-refractivity contribution in [1.82, 2.24) is 14.6 Å². The van der Waals surface area contributed by atoms with E-state index in [1.54, 1.807) is 0 Å². The van der Waals surface area contributed by atoms with E-state index in [-0.39, 0.29) is 5.69 Å². The molecule has 0 amide bonds. The third-order valence-electron chi connectivity index (χ3n) is 5.39. The number of hydrogen-bond acceptors (Lipinski definition) is 5. The third-order valence-corrected chi connectivity index (χ3v) is 5.64. The fourth-order valence-electron chi connectivity index (χ4n) is 3.65. The number of fused-ring (bicyclic) bond motifs is 1. The van der Waals surface area contributed by atoms with Crippen LogP contribution in [0.3, 0.4) is 0 Å². The number of carboxylic acids is 1. The number of ether oxygens (including phenoxy) is 1. The summed E-state index contributed by atoms with van der Waals surface area (Å²) >= 11 is 5.99. The fourth-order valence-corrected chi connectivity index (χ4v) is 3.77. The summed E-state index contributed by atoms with van der Waals surface area (Å²) in [5, 5.41) is 17.7. The van der Waals surface area contributed by atoms with Gasteiger partial charge in [-0.3, -0.25) is 0 Å². The van der Waals surface area contributed by atoms with Crippen LogP contribution in [-0.4, -0.2) is 25.7 Å². The van der Waals surface area contributed by atoms with Crippen LogP contribution >= 0.6 is 11.6 Å². The van der Waals surface area contributed by atoms with Crippen LogP contribution < -0.4 is 10.1 Å². The predicted molar refractivity (Wildman–Crippen MR) is 136 cm³/mol. The molecule has 2 aromatic carbocycles. The van der Waals surface area contributed by atoms with Crippen molar-refractivity contribution in [1.29, 1.82) is 0 Å². The van der Waals surface area contributed by atoms with Crippen molar-refractivity contribution in [3.05, 3.63) is 119 Å². The molecule has 4 aromatic rings. The maximum atomic E-state index is 11.5. The van der Waals surface area contributed by atoms with E-state index in [1.165, 1.54) is 10.6 Å². The van der Waals surface area contributed by atoms with Crippen LogP contribution in [0.5, 0.6) is 5.75 Å². The Labute approximate surface area is 206 Å². The van der Waals surface area contributed by atoms with Crippen molar-refractivity contribution in [3.8, 4) is 5.75 Å². The topological polar surface area (TPSA) is 88.8 Å². The van der Waals surface area contributed by atoms with Crippen molar-refractivity contribution in [2.75, 3.05) is 5.32 Å². The van der Waals surface area contributed by atoms with E-state index in [0.29, 0.717) is 35.1 Å². The van der Waals surface area contributed by atoms with Gasteiger partial charge >= 0.3 is 5.97 Å². The van der Waals surface area contributed by atoms with Crippen LogP contribution in [0.1, 0.15) is 28.2 Å². The van der Waals surface area contributed by atoms with Gasteiger partial charge in [0.05, 0.1) is 5.69 Å². The van der Waals surface area contributed by atoms with E-state index in [2.05, 4.69) is 15.4 Å². The smallest absolute Gasteiger partial charge is 0.356 e. The zero-order chi connectivity index (χ0) is 24.2. The Hall–Kier alpha value is -4.36. The summed E-state index contributed by atoms with van der Waals surface area (Å²) in [7, 11) is 0. The average Bonchev–Trinajstić information content (AvgIpc) is 3.18. The van der Waals surface area contributed by atoms with E-state index in [9.17, 15) is 9.90 Å². The van der Waals surface area contributed by atoms with Crippen LogP contribution in [0.2, 0.25) is 5.02 Å². The van der Waals surface area contributed by atoms with Gasteiger partial charge in [0.2, 0.25) is 0 Å². The molecule has 0 bridgehead atoms. The number of nitrogens with zero attached hydrogens (tertiary/aromatic N) is 3. The average molecular weight is 485 g/mol. The lowest BCUT2D eigenvalue weighted by Crippen LogP contribution is -2.08. The molecule has 0 spiro atoms. The Morgan fingerprint density at radius 3 is 2.63 bits per heavy atom. The van der Waals surface area contributed by atoms with E-state index >= 15 is 0 Å². The number of carbonyl (C=O) groups is 1. The van der Waals surface area contributed by atoms with Crippen molar-refractivity contribution >= 4 is 34.6 Å². The van der Waals surface area contributed by atoms with Crippen LogP contribution in [-0.2, 0) is 6.54 Å². The minimum Gasteiger partial charge on any atom is -0.476 e. The Balaban J connectivity index is 1.44. The van der Waals surface area contributed by atoms with Crippen molar-refractivity contribution in [2.45, 2.75) is 13.0 Å². The highest BCUT2D eigenvalue weighted by Gasteiger charge is 2.15. The summed E-state index contributed by atoms with van der Waals surface area (Å²) in [5.41, 5.74) is 2.97. The molecule has 1 aliphatic carbocycles. The van der Waals surface area contributed by atoms with Gasteiger partial charge in [0.15, 0.2) is 11.3 Å². The number of aromatic nitrogens is 3. The van der Waals surface area contributed by atoms with Crippen LogP contribution in [0, 0.1) is 0 Å². The number of halogens is 1. The summed E-state index contributed by atoms with van der Waals surface area (Å²) in [5.74, 6) is 1.02. The monoisotopic (exact) mass is 484 g/mol. The number of para-hydroxylation sites is 1. The van der Waals surface area contributed by atoms with Crippen LogP contribution in [0.15, 0.2) is 96.8 Å². The first-order chi connectivity index (χ1) is 17.0. The summed E-state index contributed by atoms with van der Waals surface area (Å²) in [6.45, 7) is 0.503. The SMILES string of the molecule is O=C(O)c1cc2nc(C3=CCC=C(Oc4ccccc4)C=C3)cc(NCc3ccc(Cl)cc3)n2n1. The summed E-state index contributed by atoms with van der Waals surface area (Å²) in [6, 6.07) is 20.4. The van der Waals surface area contributed by atoms with Gasteiger partial charge in [-0.05, 0) is 60.1 Å². The first-order valence-electron chi connectivity index (χ1n) is 11.0. The van der Waals surface area contributed by atoms with Crippen LogP contribution in [0.4, 0.5) is 5.82 Å². The molecule has 174 valence electrons. The molecule has 0 radical (unpaired) electrons. The van der Waals surface area contributed by atoms with E-state index < -0.39 is 5.97 Å². The molecule has 1 aliphatic rings. The molecule has 0 atom stereocenters. The molecule has 0 unspecified atom stereocenters. The number of rotatable bonds is 7. The standard InChI is InChI=1S/C27H21ClN4O3/c28-20-12-9-18(10-13-20)17-29-25-15-23(30-26-16-24(27(33)34)31-32(25)26)19-5-4-8-22(14-11-19)35-21-6-2-1-3-7-21/h1-3,5-16,29H,4,17H2,(H,33,34). The lowest BCUT2D eigenvalue weighted by molar-refractivity contribution is 0.0690. The Bertz CT molecular complexity index is 1470. The highest BCUT2D eigenvalue weighted by Crippen LogP contribution is 2.25. The number of benzene rings is 2. The van der Waals surface area contributed by atoms with E-state index in [4.69, 9.17) is 16.3 Å². The molecular weight excluding hydrogens is 464 g/mol. The first-order valence-corrected chi connectivity index (χ1v) is 11.4. The second-order valence-electron chi connectivity index (χ2n) is 7.86. The molecule has 35 heavy (non-hydrogen) atoms. The highest BCUT2D eigenvalue weighted by atomic mass is 35.5. The van der Waals surface area contributed by atoms with Gasteiger partial charge in [-0.25, -0.2) is 9.78 Å². The zero-order valence-corrected chi connectivity index (χ0v) is 19.3. The van der Waals surface area contributed by atoms with Gasteiger partial charge < -0.3 is 15.2 Å². The Kier molecular flexibility index (Phi) is 6.32. The molecule has 8 heteroatoms. The molecule has 2 aromatic heterocycles. The number of hydrogen-bond donors (Lipinski definition) is 2. The molecule has 7 nitrogen and oxygen atoms in total. The lowest BCUT2D eigenvalue weighted by atomic mass is 10.1. The summed E-state index contributed by atoms with van der Waals surface area (Å²) < 4.78 is 7.46. The quantitative estimate of drug-likeness (QED) is 0.334. The maximum Gasteiger partial charge on any atom is 0.356 e. The third kappa shape index (κ3) is 5.26. The Morgan fingerprint density at radius 2 is 1.86 bits per heavy atom. The molecule has 0 fully saturated rings. The molecule has 0 saturated heterocycles. The minimum atomic E-state index is -1.11.